The Balaban J connectivity index is 1.76. The molecule has 0 aliphatic carbocycles. The third-order valence-electron chi connectivity index (χ3n) is 4.43. The van der Waals surface area contributed by atoms with Crippen molar-refractivity contribution in [2.45, 2.75) is 19.8 Å². The molecule has 0 atom stereocenters. The van der Waals surface area contributed by atoms with Gasteiger partial charge >= 0.3 is 0 Å². The molecule has 136 valence electrons. The van der Waals surface area contributed by atoms with Crippen molar-refractivity contribution in [2.24, 2.45) is 0 Å². The molecule has 0 unspecified atom stereocenters. The molecule has 0 bridgehead atoms. The van der Waals surface area contributed by atoms with Crippen LogP contribution in [0.3, 0.4) is 0 Å². The number of aromatic nitrogens is 3. The first-order valence-electron chi connectivity index (χ1n) is 8.71. The van der Waals surface area contributed by atoms with Crippen LogP contribution in [-0.4, -0.2) is 21.7 Å². The van der Waals surface area contributed by atoms with Gasteiger partial charge in [-0.15, -0.1) is 5.10 Å². The maximum absolute atomic E-state index is 12.7. The molecule has 5 nitrogen and oxygen atoms in total. The third-order valence-corrected chi connectivity index (χ3v) is 5.39. The molecule has 0 radical (unpaired) electrons. The Morgan fingerprint density at radius 1 is 1.11 bits per heavy atom. The Hall–Kier alpha value is -2.99. The van der Waals surface area contributed by atoms with E-state index in [1.807, 2.05) is 42.5 Å². The normalized spacial score (nSPS) is 12.2. The van der Waals surface area contributed by atoms with Gasteiger partial charge < -0.3 is 4.74 Å². The van der Waals surface area contributed by atoms with Crippen LogP contribution in [0.2, 0.25) is 0 Å². The van der Waals surface area contributed by atoms with Gasteiger partial charge in [-0.05, 0) is 35.3 Å². The SMILES string of the molecule is COc1ccccc1-c1nc2s/c(=C/c3ccc(C(C)C)cc3)c(=O)n2n1. The molecule has 0 N–H and O–H groups in total. The summed E-state index contributed by atoms with van der Waals surface area (Å²) >= 11 is 1.34. The molecule has 2 aromatic carbocycles. The highest BCUT2D eigenvalue weighted by Crippen LogP contribution is 2.27. The minimum absolute atomic E-state index is 0.156. The van der Waals surface area contributed by atoms with Crippen LogP contribution < -0.4 is 14.8 Å². The fourth-order valence-electron chi connectivity index (χ4n) is 2.91. The van der Waals surface area contributed by atoms with E-state index in [-0.39, 0.29) is 5.56 Å². The van der Waals surface area contributed by atoms with E-state index in [4.69, 9.17) is 4.74 Å². The van der Waals surface area contributed by atoms with Crippen molar-refractivity contribution in [3.63, 3.8) is 0 Å². The van der Waals surface area contributed by atoms with E-state index in [2.05, 4.69) is 36.1 Å². The monoisotopic (exact) mass is 377 g/mol. The van der Waals surface area contributed by atoms with Gasteiger partial charge in [0, 0.05) is 0 Å². The molecule has 0 spiro atoms. The molecule has 0 saturated heterocycles. The highest BCUT2D eigenvalue weighted by atomic mass is 32.1. The van der Waals surface area contributed by atoms with Gasteiger partial charge in [-0.2, -0.15) is 9.50 Å². The number of hydrogen-bond donors (Lipinski definition) is 0. The summed E-state index contributed by atoms with van der Waals surface area (Å²) in [6.07, 6.45) is 1.89. The average Bonchev–Trinajstić information content (AvgIpc) is 3.22. The molecular formula is C21H19N3O2S. The van der Waals surface area contributed by atoms with Gasteiger partial charge in [-0.1, -0.05) is 61.6 Å². The second-order valence-electron chi connectivity index (χ2n) is 6.57. The number of fused-ring (bicyclic) bond motifs is 1. The number of para-hydroxylation sites is 1. The van der Waals surface area contributed by atoms with Crippen LogP contribution in [0, 0.1) is 0 Å². The highest BCUT2D eigenvalue weighted by Gasteiger charge is 2.14. The Morgan fingerprint density at radius 3 is 2.52 bits per heavy atom. The summed E-state index contributed by atoms with van der Waals surface area (Å²) in [7, 11) is 1.61. The fourth-order valence-corrected chi connectivity index (χ4v) is 3.81. The fraction of sp³-hybridized carbons (Fsp3) is 0.190. The van der Waals surface area contributed by atoms with E-state index < -0.39 is 0 Å². The smallest absolute Gasteiger partial charge is 0.291 e. The zero-order valence-corrected chi connectivity index (χ0v) is 16.2. The maximum atomic E-state index is 12.7. The molecular weight excluding hydrogens is 358 g/mol. The topological polar surface area (TPSA) is 56.5 Å². The standard InChI is InChI=1S/C21H19N3O2S/c1-13(2)15-10-8-14(9-11-15)12-18-20(25)24-21(27-18)22-19(23-24)16-6-4-5-7-17(16)26-3/h4-13H,1-3H3/b18-12+. The van der Waals surface area contributed by atoms with Crippen molar-refractivity contribution < 1.29 is 4.74 Å². The quantitative estimate of drug-likeness (QED) is 0.546. The van der Waals surface area contributed by atoms with E-state index in [0.717, 1.165) is 11.1 Å². The largest absolute Gasteiger partial charge is 0.496 e. The minimum atomic E-state index is -0.156. The van der Waals surface area contributed by atoms with Crippen LogP contribution in [-0.2, 0) is 0 Å². The van der Waals surface area contributed by atoms with Gasteiger partial charge in [0.25, 0.3) is 5.56 Å². The first-order valence-corrected chi connectivity index (χ1v) is 9.53. The number of benzene rings is 2. The summed E-state index contributed by atoms with van der Waals surface area (Å²) in [6.45, 7) is 4.32. The van der Waals surface area contributed by atoms with Crippen molar-refractivity contribution in [2.75, 3.05) is 7.11 Å². The predicted molar refractivity (Wildman–Crippen MR) is 108 cm³/mol. The minimum Gasteiger partial charge on any atom is -0.496 e. The number of hydrogen-bond acceptors (Lipinski definition) is 5. The van der Waals surface area contributed by atoms with Crippen LogP contribution in [0.25, 0.3) is 22.4 Å². The molecule has 4 rings (SSSR count). The summed E-state index contributed by atoms with van der Waals surface area (Å²) in [4.78, 5) is 17.8. The zero-order valence-electron chi connectivity index (χ0n) is 15.3. The van der Waals surface area contributed by atoms with Gasteiger partial charge in [0.15, 0.2) is 5.82 Å². The van der Waals surface area contributed by atoms with E-state index >= 15 is 0 Å². The maximum Gasteiger partial charge on any atom is 0.291 e. The van der Waals surface area contributed by atoms with Crippen molar-refractivity contribution in [3.8, 4) is 17.1 Å². The van der Waals surface area contributed by atoms with Gasteiger partial charge in [0.05, 0.1) is 17.2 Å². The van der Waals surface area contributed by atoms with Crippen molar-refractivity contribution in [1.82, 2.24) is 14.6 Å². The van der Waals surface area contributed by atoms with E-state index in [0.29, 0.717) is 27.0 Å². The summed E-state index contributed by atoms with van der Waals surface area (Å²) < 4.78 is 7.34. The van der Waals surface area contributed by atoms with Crippen LogP contribution in [0.1, 0.15) is 30.9 Å². The summed E-state index contributed by atoms with van der Waals surface area (Å²) in [5.74, 6) is 1.65. The second-order valence-corrected chi connectivity index (χ2v) is 7.58. The van der Waals surface area contributed by atoms with Crippen LogP contribution in [0.4, 0.5) is 0 Å². The lowest BCUT2D eigenvalue weighted by atomic mass is 10.0. The molecule has 0 aliphatic heterocycles. The van der Waals surface area contributed by atoms with Crippen LogP contribution in [0.15, 0.2) is 53.3 Å². The number of rotatable bonds is 4. The number of methoxy groups -OCH3 is 1. The van der Waals surface area contributed by atoms with Gasteiger partial charge in [-0.3, -0.25) is 4.79 Å². The highest BCUT2D eigenvalue weighted by molar-refractivity contribution is 7.15. The second kappa shape index (κ2) is 6.96. The number of ether oxygens (including phenoxy) is 1. The Kier molecular flexibility index (Phi) is 4.49. The number of thiazole rings is 1. The molecule has 6 heteroatoms. The van der Waals surface area contributed by atoms with Crippen molar-refractivity contribution >= 4 is 22.4 Å². The molecule has 2 aromatic heterocycles. The summed E-state index contributed by atoms with van der Waals surface area (Å²) in [5.41, 5.74) is 2.88. The van der Waals surface area contributed by atoms with Crippen LogP contribution in [0.5, 0.6) is 5.75 Å². The summed E-state index contributed by atoms with van der Waals surface area (Å²) in [5, 5.41) is 4.39. The van der Waals surface area contributed by atoms with Gasteiger partial charge in [0.2, 0.25) is 4.96 Å². The Labute approximate surface area is 160 Å². The van der Waals surface area contributed by atoms with Gasteiger partial charge in [-0.25, -0.2) is 0 Å². The summed E-state index contributed by atoms with van der Waals surface area (Å²) in [6, 6.07) is 15.8. The molecule has 27 heavy (non-hydrogen) atoms. The van der Waals surface area contributed by atoms with Crippen molar-refractivity contribution in [3.05, 3.63) is 74.5 Å². The van der Waals surface area contributed by atoms with E-state index in [1.165, 1.54) is 21.4 Å². The van der Waals surface area contributed by atoms with Crippen LogP contribution >= 0.6 is 11.3 Å². The molecule has 0 saturated carbocycles. The lowest BCUT2D eigenvalue weighted by Gasteiger charge is -2.04. The first kappa shape index (κ1) is 17.4. The van der Waals surface area contributed by atoms with E-state index in [9.17, 15) is 4.79 Å². The Bertz CT molecular complexity index is 1210. The molecule has 0 fully saturated rings. The Morgan fingerprint density at radius 2 is 1.85 bits per heavy atom. The zero-order chi connectivity index (χ0) is 19.0. The predicted octanol–water partition coefficient (Wildman–Crippen LogP) is 3.50. The first-order chi connectivity index (χ1) is 13.1. The van der Waals surface area contributed by atoms with Gasteiger partial charge in [0.1, 0.15) is 5.75 Å². The molecule has 4 aromatic rings. The van der Waals surface area contributed by atoms with Crippen molar-refractivity contribution in [1.29, 1.82) is 0 Å². The molecule has 2 heterocycles. The lowest BCUT2D eigenvalue weighted by Crippen LogP contribution is -2.23. The average molecular weight is 377 g/mol. The molecule has 0 aliphatic rings. The lowest BCUT2D eigenvalue weighted by molar-refractivity contribution is 0.416. The van der Waals surface area contributed by atoms with E-state index in [1.54, 1.807) is 7.11 Å². The molecule has 0 amide bonds. The third kappa shape index (κ3) is 3.24. The number of nitrogens with zero attached hydrogens (tertiary/aromatic N) is 3.